The van der Waals surface area contributed by atoms with Crippen molar-refractivity contribution in [1.82, 2.24) is 0 Å². The maximum atomic E-state index is 13.5. The Morgan fingerprint density at radius 1 is 0.941 bits per heavy atom. The minimum absolute atomic E-state index is 0.0205. The summed E-state index contributed by atoms with van der Waals surface area (Å²) in [5.74, 6) is 1.19. The van der Waals surface area contributed by atoms with E-state index in [1.54, 1.807) is 39.5 Å². The lowest BCUT2D eigenvalue weighted by Crippen LogP contribution is -2.38. The van der Waals surface area contributed by atoms with Crippen molar-refractivity contribution >= 4 is 43.5 Å². The van der Waals surface area contributed by atoms with Crippen LogP contribution in [0.15, 0.2) is 11.3 Å². The molecule has 0 unspecified atom stereocenters. The van der Waals surface area contributed by atoms with E-state index in [9.17, 15) is 13.9 Å². The molecule has 0 N–H and O–H groups in total. The molecule has 2 aliphatic rings. The highest BCUT2D eigenvalue weighted by Crippen LogP contribution is 2.61. The Bertz CT molecular complexity index is 771. The third-order valence-corrected chi connectivity index (χ3v) is 12.4. The van der Waals surface area contributed by atoms with E-state index < -0.39 is 14.6 Å². The van der Waals surface area contributed by atoms with Crippen molar-refractivity contribution < 1.29 is 36.5 Å². The highest BCUT2D eigenvalue weighted by atomic mass is 32.7. The van der Waals surface area contributed by atoms with Gasteiger partial charge < -0.3 is 13.6 Å². The van der Waals surface area contributed by atoms with Gasteiger partial charge in [-0.15, -0.1) is 11.8 Å². The molecule has 2 aliphatic carbocycles. The number of carbonyl (C=O) groups excluding carboxylic acids is 1. The van der Waals surface area contributed by atoms with Gasteiger partial charge in [0.05, 0.1) is 37.4 Å². The first-order chi connectivity index (χ1) is 16.3. The van der Waals surface area contributed by atoms with Gasteiger partial charge in [-0.3, -0.25) is 13.8 Å². The number of phosphoric ester groups is 1. The fourth-order valence-corrected chi connectivity index (χ4v) is 10.3. The maximum Gasteiger partial charge on any atom is 0.529 e. The third-order valence-electron chi connectivity index (χ3n) is 5.70. The average molecular weight is 559 g/mol. The summed E-state index contributed by atoms with van der Waals surface area (Å²) in [4.78, 5) is 13.5. The minimum atomic E-state index is -3.80. The first-order valence-corrected chi connectivity index (χ1v) is 17.9. The molecular formula is C22H40O8P2S2. The SMILES string of the molecule is CCOP(=O)(OCC)OC1=C2CCCC[C@@H]2C[C@H](C(=O)CSP(=O)(OCC)OCC)[C@@H]1SCC. The van der Waals surface area contributed by atoms with E-state index in [0.29, 0.717) is 12.2 Å². The summed E-state index contributed by atoms with van der Waals surface area (Å²) in [6.07, 6.45) is 4.66. The molecule has 0 spiro atoms. The van der Waals surface area contributed by atoms with Crippen LogP contribution in [-0.2, 0) is 36.5 Å². The molecule has 1 saturated carbocycles. The van der Waals surface area contributed by atoms with Crippen LogP contribution in [0.5, 0.6) is 0 Å². The second kappa shape index (κ2) is 14.8. The average Bonchev–Trinajstić information content (AvgIpc) is 2.79. The summed E-state index contributed by atoms with van der Waals surface area (Å²) in [6.45, 7) is 6.49. The zero-order valence-electron chi connectivity index (χ0n) is 21.0. The zero-order chi connectivity index (χ0) is 25.2. The standard InChI is InChI=1S/C22H40O8P2S2/c1-6-26-31(24,27-7-2)30-21-18-14-12-11-13-17(18)15-19(22(21)33-10-5)20(23)16-34-32(25,28-8-3)29-9-4/h17,19,22H,6-16H2,1-5H3/t17-,19-,22+/m1/s1. The number of allylic oxidation sites excluding steroid dienone is 1. The van der Waals surface area contributed by atoms with Gasteiger partial charge in [0.15, 0.2) is 0 Å². The van der Waals surface area contributed by atoms with Crippen molar-refractivity contribution in [2.45, 2.75) is 72.0 Å². The largest absolute Gasteiger partial charge is 0.529 e. The van der Waals surface area contributed by atoms with Crippen LogP contribution in [0.2, 0.25) is 0 Å². The maximum absolute atomic E-state index is 13.5. The smallest absolute Gasteiger partial charge is 0.407 e. The van der Waals surface area contributed by atoms with Gasteiger partial charge in [-0.25, -0.2) is 9.13 Å². The second-order valence-electron chi connectivity index (χ2n) is 7.95. The number of fused-ring (bicyclic) bond motifs is 1. The topological polar surface area (TPSA) is 97.4 Å². The van der Waals surface area contributed by atoms with Crippen LogP contribution in [0.1, 0.15) is 66.7 Å². The van der Waals surface area contributed by atoms with Crippen LogP contribution in [0.4, 0.5) is 0 Å². The molecule has 198 valence electrons. The van der Waals surface area contributed by atoms with Crippen molar-refractivity contribution in [3.63, 3.8) is 0 Å². The fourth-order valence-electron chi connectivity index (χ4n) is 4.45. The van der Waals surface area contributed by atoms with E-state index in [2.05, 4.69) is 0 Å². The summed E-state index contributed by atoms with van der Waals surface area (Å²) in [7, 11) is -3.80. The van der Waals surface area contributed by atoms with Crippen LogP contribution < -0.4 is 0 Å². The number of rotatable bonds is 16. The van der Waals surface area contributed by atoms with Gasteiger partial charge in [0.2, 0.25) is 0 Å². The van der Waals surface area contributed by atoms with Crippen molar-refractivity contribution in [3.05, 3.63) is 11.3 Å². The van der Waals surface area contributed by atoms with Crippen LogP contribution in [0, 0.1) is 11.8 Å². The van der Waals surface area contributed by atoms with Crippen LogP contribution in [0.25, 0.3) is 0 Å². The number of ketones is 1. The lowest BCUT2D eigenvalue weighted by atomic mass is 9.72. The number of phosphoric acid groups is 1. The van der Waals surface area contributed by atoms with E-state index in [-0.39, 0.29) is 55.0 Å². The molecule has 2 rings (SSSR count). The van der Waals surface area contributed by atoms with Gasteiger partial charge in [0.25, 0.3) is 0 Å². The second-order valence-corrected chi connectivity index (χ2v) is 15.0. The Balaban J connectivity index is 2.35. The molecule has 0 saturated heterocycles. The Kier molecular flexibility index (Phi) is 13.3. The number of Topliss-reactive ketones (excluding diaryl/α,β-unsaturated/α-hetero) is 1. The Labute approximate surface area is 212 Å². The normalized spacial score (nSPS) is 23.6. The van der Waals surface area contributed by atoms with Gasteiger partial charge in [-0.2, -0.15) is 0 Å². The summed E-state index contributed by atoms with van der Waals surface area (Å²) in [6, 6.07) is 0. The molecule has 0 radical (unpaired) electrons. The molecule has 0 heterocycles. The van der Waals surface area contributed by atoms with E-state index in [0.717, 1.165) is 48.4 Å². The van der Waals surface area contributed by atoms with Gasteiger partial charge in [0.1, 0.15) is 11.5 Å². The predicted octanol–water partition coefficient (Wildman–Crippen LogP) is 7.25. The molecule has 0 aromatic heterocycles. The molecule has 1 fully saturated rings. The number of carbonyl (C=O) groups is 1. The van der Waals surface area contributed by atoms with Crippen molar-refractivity contribution in [2.24, 2.45) is 11.8 Å². The Morgan fingerprint density at radius 3 is 2.12 bits per heavy atom. The first kappa shape index (κ1) is 30.4. The van der Waals surface area contributed by atoms with E-state index in [1.807, 2.05) is 6.92 Å². The summed E-state index contributed by atoms with van der Waals surface area (Å²) < 4.78 is 53.9. The summed E-state index contributed by atoms with van der Waals surface area (Å²) in [5.41, 5.74) is 1.14. The lowest BCUT2D eigenvalue weighted by molar-refractivity contribution is -0.121. The molecule has 12 heteroatoms. The summed E-state index contributed by atoms with van der Waals surface area (Å²) >= 11 is 2.55. The minimum Gasteiger partial charge on any atom is -0.407 e. The van der Waals surface area contributed by atoms with Gasteiger partial charge in [-0.1, -0.05) is 13.3 Å². The molecule has 0 aliphatic heterocycles. The van der Waals surface area contributed by atoms with Crippen LogP contribution >= 0.6 is 37.8 Å². The van der Waals surface area contributed by atoms with E-state index in [4.69, 9.17) is 22.6 Å². The van der Waals surface area contributed by atoms with Crippen molar-refractivity contribution in [3.8, 4) is 0 Å². The molecule has 0 amide bonds. The zero-order valence-corrected chi connectivity index (χ0v) is 24.4. The molecule has 34 heavy (non-hydrogen) atoms. The van der Waals surface area contributed by atoms with Gasteiger partial charge >= 0.3 is 14.6 Å². The highest BCUT2D eigenvalue weighted by Gasteiger charge is 2.45. The van der Waals surface area contributed by atoms with Crippen molar-refractivity contribution in [2.75, 3.05) is 37.9 Å². The molecule has 0 aromatic rings. The highest BCUT2D eigenvalue weighted by molar-refractivity contribution is 8.55. The molecule has 8 nitrogen and oxygen atoms in total. The number of hydrogen-bond donors (Lipinski definition) is 0. The fraction of sp³-hybridized carbons (Fsp3) is 0.864. The quantitative estimate of drug-likeness (QED) is 0.180. The molecule has 0 aromatic carbocycles. The number of thioether (sulfide) groups is 1. The Morgan fingerprint density at radius 2 is 1.56 bits per heavy atom. The predicted molar refractivity (Wildman–Crippen MR) is 139 cm³/mol. The third kappa shape index (κ3) is 8.37. The number of hydrogen-bond acceptors (Lipinski definition) is 10. The Hall–Kier alpha value is 0.210. The van der Waals surface area contributed by atoms with Crippen LogP contribution in [-0.4, -0.2) is 49.0 Å². The van der Waals surface area contributed by atoms with Gasteiger partial charge in [0, 0.05) is 5.92 Å². The molecular weight excluding hydrogens is 518 g/mol. The van der Waals surface area contributed by atoms with E-state index in [1.165, 1.54) is 0 Å². The van der Waals surface area contributed by atoms with Crippen molar-refractivity contribution in [1.29, 1.82) is 0 Å². The van der Waals surface area contributed by atoms with Gasteiger partial charge in [-0.05, 0) is 82.0 Å². The lowest BCUT2D eigenvalue weighted by Gasteiger charge is -2.41. The molecule has 3 atom stereocenters. The first-order valence-electron chi connectivity index (χ1n) is 12.3. The van der Waals surface area contributed by atoms with E-state index >= 15 is 0 Å². The monoisotopic (exact) mass is 558 g/mol. The summed E-state index contributed by atoms with van der Waals surface area (Å²) in [5, 5.41) is -0.296. The molecule has 0 bridgehead atoms. The van der Waals surface area contributed by atoms with Crippen LogP contribution in [0.3, 0.4) is 0 Å².